The van der Waals surface area contributed by atoms with Crippen molar-refractivity contribution in [1.82, 2.24) is 5.32 Å². The minimum atomic E-state index is -0.664. The highest BCUT2D eigenvalue weighted by Gasteiger charge is 2.20. The largest absolute Gasteiger partial charge is 0.466 e. The number of nitrogens with one attached hydrogen (secondary N) is 1. The fraction of sp³-hybridized carbons (Fsp3) is 0.946. The van der Waals surface area contributed by atoms with Gasteiger partial charge in [0, 0.05) is 12.8 Å². The summed E-state index contributed by atoms with van der Waals surface area (Å²) < 4.78 is 5.49. The molecule has 80 heavy (non-hydrogen) atoms. The SMILES string of the molecule is CCCCCCCCCCCCCCCCCCCCCCCC(O)C(CO)NC(=O)CCCCCCCCCCCCCCC/C=C\CCCCCCCCCCCCCCOC(=O)CCCCCCCCCCCCCCC. The molecule has 476 valence electrons. The Morgan fingerprint density at radius 2 is 0.588 bits per heavy atom. The lowest BCUT2D eigenvalue weighted by molar-refractivity contribution is -0.143. The van der Waals surface area contributed by atoms with Crippen LogP contribution in [-0.4, -0.2) is 47.4 Å². The Kier molecular flexibility index (Phi) is 68.9. The van der Waals surface area contributed by atoms with E-state index in [1.54, 1.807) is 0 Å². The molecule has 0 aliphatic heterocycles. The maximum atomic E-state index is 12.6. The summed E-state index contributed by atoms with van der Waals surface area (Å²) in [6.45, 7) is 5.00. The molecule has 1 amide bonds. The number of allylic oxidation sites excluding steroid dienone is 2. The summed E-state index contributed by atoms with van der Waals surface area (Å²) in [5.41, 5.74) is 0. The standard InChI is InChI=1S/C74H145NO5/c1-3-5-7-9-11-13-15-17-18-19-20-30-33-36-39-43-46-50-54-58-62-66-72(77)71(70-76)75-73(78)67-63-59-55-51-47-44-40-37-34-31-28-26-24-22-21-23-25-27-29-32-35-38-41-45-49-53-57-61-65-69-80-74(79)68-64-60-56-52-48-42-16-14-12-10-8-6-4-2/h21,23,71-72,76-77H,3-20,22,24-70H2,1-2H3,(H,75,78)/b23-21-. The number of aliphatic hydroxyl groups excluding tert-OH is 2. The van der Waals surface area contributed by atoms with E-state index in [4.69, 9.17) is 4.74 Å². The molecule has 0 fully saturated rings. The predicted octanol–water partition coefficient (Wildman–Crippen LogP) is 23.9. The molecule has 2 atom stereocenters. The number of amides is 1. The van der Waals surface area contributed by atoms with Crippen molar-refractivity contribution in [2.24, 2.45) is 0 Å². The highest BCUT2D eigenvalue weighted by Crippen LogP contribution is 2.19. The molecule has 3 N–H and O–H groups in total. The lowest BCUT2D eigenvalue weighted by Gasteiger charge is -2.22. The molecule has 0 radical (unpaired) electrons. The molecular weight excluding hydrogens is 983 g/mol. The van der Waals surface area contributed by atoms with Crippen LogP contribution in [0.25, 0.3) is 0 Å². The summed E-state index contributed by atoms with van der Waals surface area (Å²) in [5, 5.41) is 23.4. The Balaban J connectivity index is 3.37. The van der Waals surface area contributed by atoms with Crippen LogP contribution in [0.3, 0.4) is 0 Å². The van der Waals surface area contributed by atoms with Crippen LogP contribution in [-0.2, 0) is 14.3 Å². The first-order chi connectivity index (χ1) is 39.5. The van der Waals surface area contributed by atoms with E-state index in [1.165, 1.54) is 353 Å². The second-order valence-electron chi connectivity index (χ2n) is 25.6. The normalized spacial score (nSPS) is 12.5. The van der Waals surface area contributed by atoms with Gasteiger partial charge in [-0.25, -0.2) is 0 Å². The smallest absolute Gasteiger partial charge is 0.305 e. The second-order valence-corrected chi connectivity index (χ2v) is 25.6. The molecule has 0 bridgehead atoms. The Hall–Kier alpha value is -1.40. The Labute approximate surface area is 501 Å². The van der Waals surface area contributed by atoms with Crippen molar-refractivity contribution in [3.8, 4) is 0 Å². The number of rotatable bonds is 70. The lowest BCUT2D eigenvalue weighted by atomic mass is 10.0. The third kappa shape index (κ3) is 65.7. The zero-order chi connectivity index (χ0) is 57.8. The van der Waals surface area contributed by atoms with Gasteiger partial charge in [0.15, 0.2) is 0 Å². The maximum Gasteiger partial charge on any atom is 0.305 e. The molecule has 0 rings (SSSR count). The highest BCUT2D eigenvalue weighted by atomic mass is 16.5. The zero-order valence-electron chi connectivity index (χ0n) is 54.6. The van der Waals surface area contributed by atoms with Crippen molar-refractivity contribution in [3.63, 3.8) is 0 Å². The quantitative estimate of drug-likeness (QED) is 0.0320. The molecule has 0 aliphatic carbocycles. The highest BCUT2D eigenvalue weighted by molar-refractivity contribution is 5.76. The molecular formula is C74H145NO5. The number of hydrogen-bond acceptors (Lipinski definition) is 5. The average Bonchev–Trinajstić information content (AvgIpc) is 3.46. The van der Waals surface area contributed by atoms with Crippen molar-refractivity contribution in [1.29, 1.82) is 0 Å². The van der Waals surface area contributed by atoms with E-state index >= 15 is 0 Å². The van der Waals surface area contributed by atoms with Gasteiger partial charge in [-0.3, -0.25) is 9.59 Å². The van der Waals surface area contributed by atoms with Gasteiger partial charge in [-0.2, -0.15) is 0 Å². The van der Waals surface area contributed by atoms with Gasteiger partial charge in [0.2, 0.25) is 5.91 Å². The molecule has 0 aliphatic rings. The number of carbonyl (C=O) groups is 2. The molecule has 0 aromatic heterocycles. The molecule has 0 saturated heterocycles. The Bertz CT molecular complexity index is 1210. The first-order valence-corrected chi connectivity index (χ1v) is 36.9. The van der Waals surface area contributed by atoms with Crippen LogP contribution < -0.4 is 5.32 Å². The number of ether oxygens (including phenoxy) is 1. The summed E-state index contributed by atoms with van der Waals surface area (Å²) in [5.74, 6) is -0.00978. The summed E-state index contributed by atoms with van der Waals surface area (Å²) in [7, 11) is 0. The second kappa shape index (κ2) is 70.1. The number of aliphatic hydroxyl groups is 2. The first kappa shape index (κ1) is 78.6. The minimum Gasteiger partial charge on any atom is -0.466 e. The van der Waals surface area contributed by atoms with Crippen LogP contribution >= 0.6 is 0 Å². The van der Waals surface area contributed by atoms with Crippen molar-refractivity contribution in [2.75, 3.05) is 13.2 Å². The van der Waals surface area contributed by atoms with E-state index in [-0.39, 0.29) is 18.5 Å². The van der Waals surface area contributed by atoms with E-state index in [1.807, 2.05) is 0 Å². The van der Waals surface area contributed by atoms with Crippen LogP contribution in [0, 0.1) is 0 Å². The topological polar surface area (TPSA) is 95.9 Å². The van der Waals surface area contributed by atoms with Crippen LogP contribution in [0.4, 0.5) is 0 Å². The monoisotopic (exact) mass is 1130 g/mol. The van der Waals surface area contributed by atoms with E-state index in [9.17, 15) is 19.8 Å². The molecule has 0 aromatic rings. The Morgan fingerprint density at radius 3 is 0.887 bits per heavy atom. The molecule has 0 spiro atoms. The third-order valence-corrected chi connectivity index (χ3v) is 17.6. The van der Waals surface area contributed by atoms with Gasteiger partial charge < -0.3 is 20.3 Å². The van der Waals surface area contributed by atoms with E-state index in [2.05, 4.69) is 31.3 Å². The number of hydrogen-bond donors (Lipinski definition) is 3. The van der Waals surface area contributed by atoms with Gasteiger partial charge in [-0.1, -0.05) is 373 Å². The summed E-state index contributed by atoms with van der Waals surface area (Å²) in [6.07, 6.45) is 87.0. The third-order valence-electron chi connectivity index (χ3n) is 17.6. The van der Waals surface area contributed by atoms with Gasteiger partial charge in [0.25, 0.3) is 0 Å². The van der Waals surface area contributed by atoms with Crippen LogP contribution in [0.2, 0.25) is 0 Å². The molecule has 0 saturated carbocycles. The zero-order valence-corrected chi connectivity index (χ0v) is 54.6. The number of carbonyl (C=O) groups excluding carboxylic acids is 2. The van der Waals surface area contributed by atoms with Gasteiger partial charge in [-0.05, 0) is 51.4 Å². The fourth-order valence-electron chi connectivity index (χ4n) is 11.9. The van der Waals surface area contributed by atoms with Gasteiger partial charge >= 0.3 is 5.97 Å². The lowest BCUT2D eigenvalue weighted by Crippen LogP contribution is -2.45. The van der Waals surface area contributed by atoms with Gasteiger partial charge in [0.1, 0.15) is 0 Å². The molecule has 0 heterocycles. The van der Waals surface area contributed by atoms with Crippen LogP contribution in [0.15, 0.2) is 12.2 Å². The van der Waals surface area contributed by atoms with Gasteiger partial charge in [-0.15, -0.1) is 0 Å². The van der Waals surface area contributed by atoms with Crippen LogP contribution in [0.1, 0.15) is 425 Å². The van der Waals surface area contributed by atoms with Crippen molar-refractivity contribution in [2.45, 2.75) is 437 Å². The number of esters is 1. The van der Waals surface area contributed by atoms with Crippen LogP contribution in [0.5, 0.6) is 0 Å². The Morgan fingerprint density at radius 1 is 0.338 bits per heavy atom. The van der Waals surface area contributed by atoms with Crippen molar-refractivity contribution >= 4 is 11.9 Å². The first-order valence-electron chi connectivity index (χ1n) is 36.9. The van der Waals surface area contributed by atoms with E-state index in [0.29, 0.717) is 25.9 Å². The molecule has 6 nitrogen and oxygen atoms in total. The van der Waals surface area contributed by atoms with Crippen molar-refractivity contribution in [3.05, 3.63) is 12.2 Å². The number of unbranched alkanes of at least 4 members (excludes halogenated alkanes) is 57. The summed E-state index contributed by atoms with van der Waals surface area (Å²) >= 11 is 0. The minimum absolute atomic E-state index is 0.0191. The molecule has 0 aromatic carbocycles. The van der Waals surface area contributed by atoms with E-state index in [0.717, 1.165) is 38.5 Å². The average molecular weight is 1130 g/mol. The van der Waals surface area contributed by atoms with Crippen molar-refractivity contribution < 1.29 is 24.5 Å². The predicted molar refractivity (Wildman–Crippen MR) is 352 cm³/mol. The summed E-state index contributed by atoms with van der Waals surface area (Å²) in [6, 6.07) is -0.541. The van der Waals surface area contributed by atoms with Gasteiger partial charge in [0.05, 0.1) is 25.4 Å². The maximum absolute atomic E-state index is 12.6. The summed E-state index contributed by atoms with van der Waals surface area (Å²) in [4.78, 5) is 24.6. The fourth-order valence-corrected chi connectivity index (χ4v) is 11.9. The molecule has 6 heteroatoms. The molecule has 2 unspecified atom stereocenters. The van der Waals surface area contributed by atoms with E-state index < -0.39 is 12.1 Å².